The van der Waals surface area contributed by atoms with E-state index in [-0.39, 0.29) is 22.9 Å². The van der Waals surface area contributed by atoms with Crippen molar-refractivity contribution in [3.05, 3.63) is 113 Å². The molecule has 0 radical (unpaired) electrons. The number of hydrogen-bond donors (Lipinski definition) is 3. The normalized spacial score (nSPS) is 14.1. The Morgan fingerprint density at radius 1 is 0.868 bits per heavy atom. The molecule has 3 N–H and O–H groups in total. The second-order valence-corrected chi connectivity index (χ2v) is 8.86. The van der Waals surface area contributed by atoms with Gasteiger partial charge in [-0.3, -0.25) is 10.2 Å². The molecule has 4 aromatic rings. The minimum atomic E-state index is -1.22. The van der Waals surface area contributed by atoms with Gasteiger partial charge < -0.3 is 10.2 Å². The Morgan fingerprint density at radius 3 is 2.34 bits per heavy atom. The quantitative estimate of drug-likeness (QED) is 0.296. The van der Waals surface area contributed by atoms with Gasteiger partial charge in [0.1, 0.15) is 17.0 Å². The van der Waals surface area contributed by atoms with Crippen LogP contribution < -0.4 is 10.4 Å². The van der Waals surface area contributed by atoms with Crippen molar-refractivity contribution in [1.82, 2.24) is 0 Å². The first-order valence-electron chi connectivity index (χ1n) is 11.9. The molecule has 0 spiro atoms. The lowest BCUT2D eigenvalue weighted by Gasteiger charge is -2.13. The van der Waals surface area contributed by atoms with Gasteiger partial charge in [0.2, 0.25) is 0 Å². The number of nitrogens with zero attached hydrogens (tertiary/aromatic N) is 3. The molecule has 0 saturated heterocycles. The molecule has 1 heterocycles. The number of hydrogen-bond acceptors (Lipinski definition) is 6. The highest BCUT2D eigenvalue weighted by Crippen LogP contribution is 2.33. The molecule has 1 amide bonds. The SMILES string of the molecule is Cc1ccc(N2N=C(c3ccccc3)/C(=N/Nc3cccc(-c4cccc(C(=O)O)c4O)c3)C2=O)cc1C. The van der Waals surface area contributed by atoms with Crippen molar-refractivity contribution in [2.75, 3.05) is 10.4 Å². The van der Waals surface area contributed by atoms with Crippen molar-refractivity contribution >= 4 is 34.7 Å². The molecule has 1 aliphatic rings. The predicted molar refractivity (Wildman–Crippen MR) is 148 cm³/mol. The van der Waals surface area contributed by atoms with E-state index in [9.17, 15) is 19.8 Å². The number of carbonyl (C=O) groups is 2. The van der Waals surface area contributed by atoms with E-state index in [0.717, 1.165) is 16.7 Å². The van der Waals surface area contributed by atoms with E-state index in [0.29, 0.717) is 28.2 Å². The van der Waals surface area contributed by atoms with Crippen LogP contribution >= 0.6 is 0 Å². The van der Waals surface area contributed by atoms with E-state index in [1.54, 1.807) is 36.4 Å². The van der Waals surface area contributed by atoms with Gasteiger partial charge in [0.05, 0.1) is 11.4 Å². The van der Waals surface area contributed by atoms with Crippen molar-refractivity contribution in [3.63, 3.8) is 0 Å². The number of anilines is 2. The van der Waals surface area contributed by atoms with Crippen molar-refractivity contribution in [2.24, 2.45) is 10.2 Å². The Balaban J connectivity index is 1.50. The smallest absolute Gasteiger partial charge is 0.339 e. The maximum atomic E-state index is 13.5. The van der Waals surface area contributed by atoms with Crippen LogP contribution in [-0.2, 0) is 4.79 Å². The number of aromatic hydroxyl groups is 1. The summed E-state index contributed by atoms with van der Waals surface area (Å²) in [6.07, 6.45) is 0. The summed E-state index contributed by atoms with van der Waals surface area (Å²) in [6.45, 7) is 3.99. The molecule has 0 atom stereocenters. The Morgan fingerprint density at radius 2 is 1.61 bits per heavy atom. The number of rotatable bonds is 6. The van der Waals surface area contributed by atoms with Crippen LogP contribution in [-0.4, -0.2) is 33.5 Å². The second kappa shape index (κ2) is 10.0. The highest BCUT2D eigenvalue weighted by atomic mass is 16.4. The van der Waals surface area contributed by atoms with Gasteiger partial charge in [0.25, 0.3) is 0 Å². The number of carbonyl (C=O) groups excluding carboxylic acids is 1. The number of benzene rings is 4. The van der Waals surface area contributed by atoms with Gasteiger partial charge >= 0.3 is 11.9 Å². The standard InChI is InChI=1S/C30H24N4O4/c1-18-14-15-23(16-19(18)2)34-29(36)27(26(33-34)20-8-4-3-5-9-20)32-31-22-11-6-10-21(17-22)24-12-7-13-25(28(24)35)30(37)38/h3-17,31,35H,1-2H3,(H,37,38)/b32-27-. The third-order valence-electron chi connectivity index (χ3n) is 6.34. The van der Waals surface area contributed by atoms with Gasteiger partial charge in [-0.05, 0) is 60.9 Å². The molecule has 8 nitrogen and oxygen atoms in total. The third kappa shape index (κ3) is 4.62. The van der Waals surface area contributed by atoms with Crippen LogP contribution in [0.15, 0.2) is 101 Å². The van der Waals surface area contributed by atoms with Gasteiger partial charge in [0, 0.05) is 11.1 Å². The summed E-state index contributed by atoms with van der Waals surface area (Å²) >= 11 is 0. The van der Waals surface area contributed by atoms with Crippen molar-refractivity contribution < 1.29 is 19.8 Å². The molecule has 188 valence electrons. The van der Waals surface area contributed by atoms with Crippen LogP contribution in [0.2, 0.25) is 0 Å². The third-order valence-corrected chi connectivity index (χ3v) is 6.34. The fourth-order valence-electron chi connectivity index (χ4n) is 4.14. The molecule has 38 heavy (non-hydrogen) atoms. The van der Waals surface area contributed by atoms with Crippen LogP contribution in [0.25, 0.3) is 11.1 Å². The first-order valence-corrected chi connectivity index (χ1v) is 11.9. The summed E-state index contributed by atoms with van der Waals surface area (Å²) in [5.41, 5.74) is 8.38. The lowest BCUT2D eigenvalue weighted by molar-refractivity contribution is -0.112. The number of nitrogens with one attached hydrogen (secondary N) is 1. The van der Waals surface area contributed by atoms with Gasteiger partial charge in [-0.1, -0.05) is 60.7 Å². The summed E-state index contributed by atoms with van der Waals surface area (Å²) in [5.74, 6) is -1.91. The Bertz CT molecular complexity index is 1630. The van der Waals surface area contributed by atoms with Crippen LogP contribution in [0.5, 0.6) is 5.75 Å². The second-order valence-electron chi connectivity index (χ2n) is 8.86. The van der Waals surface area contributed by atoms with Crippen molar-refractivity contribution in [3.8, 4) is 16.9 Å². The van der Waals surface area contributed by atoms with Crippen LogP contribution in [0.4, 0.5) is 11.4 Å². The topological polar surface area (TPSA) is 115 Å². The fourth-order valence-corrected chi connectivity index (χ4v) is 4.14. The van der Waals surface area contributed by atoms with Crippen LogP contribution in [0.1, 0.15) is 27.0 Å². The Labute approximate surface area is 219 Å². The Hall–Kier alpha value is -5.24. The average molecular weight is 505 g/mol. The zero-order valence-corrected chi connectivity index (χ0v) is 20.7. The van der Waals surface area contributed by atoms with Crippen molar-refractivity contribution in [1.29, 1.82) is 0 Å². The lowest BCUT2D eigenvalue weighted by atomic mass is 10.0. The molecule has 8 heteroatoms. The lowest BCUT2D eigenvalue weighted by Crippen LogP contribution is -2.28. The zero-order chi connectivity index (χ0) is 26.8. The molecule has 1 aliphatic heterocycles. The molecule has 0 saturated carbocycles. The van der Waals surface area contributed by atoms with E-state index < -0.39 is 5.97 Å². The number of hydrazone groups is 2. The molecule has 0 unspecified atom stereocenters. The largest absolute Gasteiger partial charge is 0.506 e. The molecule has 0 aliphatic carbocycles. The van der Waals surface area contributed by atoms with Gasteiger partial charge in [0.15, 0.2) is 5.71 Å². The van der Waals surface area contributed by atoms with Crippen LogP contribution in [0.3, 0.4) is 0 Å². The number of phenols is 1. The highest BCUT2D eigenvalue weighted by molar-refractivity contribution is 6.74. The zero-order valence-electron chi connectivity index (χ0n) is 20.7. The maximum absolute atomic E-state index is 13.5. The first kappa shape index (κ1) is 24.5. The minimum Gasteiger partial charge on any atom is -0.506 e. The first-order chi connectivity index (χ1) is 18.3. The monoisotopic (exact) mass is 504 g/mol. The molecule has 0 aromatic heterocycles. The molecule has 5 rings (SSSR count). The van der Waals surface area contributed by atoms with Gasteiger partial charge in [-0.15, -0.1) is 0 Å². The number of aromatic carboxylic acids is 1. The molecule has 4 aromatic carbocycles. The molecular weight excluding hydrogens is 480 g/mol. The average Bonchev–Trinajstić information content (AvgIpc) is 3.25. The highest BCUT2D eigenvalue weighted by Gasteiger charge is 2.34. The fraction of sp³-hybridized carbons (Fsp3) is 0.0667. The number of aryl methyl sites for hydroxylation is 2. The summed E-state index contributed by atoms with van der Waals surface area (Å²) < 4.78 is 0. The van der Waals surface area contributed by atoms with Gasteiger partial charge in [-0.2, -0.15) is 15.2 Å². The summed E-state index contributed by atoms with van der Waals surface area (Å²) in [7, 11) is 0. The number of carboxylic acids is 1. The van der Waals surface area contributed by atoms with Gasteiger partial charge in [-0.25, -0.2) is 4.79 Å². The summed E-state index contributed by atoms with van der Waals surface area (Å²) in [6, 6.07) is 26.6. The minimum absolute atomic E-state index is 0.149. The summed E-state index contributed by atoms with van der Waals surface area (Å²) in [5, 5.41) is 30.2. The van der Waals surface area contributed by atoms with E-state index in [1.807, 2.05) is 62.4 Å². The number of carboxylic acid groups (broad SMARTS) is 1. The maximum Gasteiger partial charge on any atom is 0.339 e. The van der Waals surface area contributed by atoms with Crippen LogP contribution in [0, 0.1) is 13.8 Å². The molecular formula is C30H24N4O4. The van der Waals surface area contributed by atoms with E-state index in [4.69, 9.17) is 0 Å². The van der Waals surface area contributed by atoms with E-state index in [1.165, 1.54) is 11.1 Å². The molecule has 0 bridgehead atoms. The number of para-hydroxylation sites is 1. The van der Waals surface area contributed by atoms with E-state index in [2.05, 4.69) is 15.6 Å². The van der Waals surface area contributed by atoms with E-state index >= 15 is 0 Å². The Kier molecular flexibility index (Phi) is 6.45. The van der Waals surface area contributed by atoms with Crippen molar-refractivity contribution in [2.45, 2.75) is 13.8 Å². The molecule has 0 fully saturated rings. The predicted octanol–water partition coefficient (Wildman–Crippen LogP) is 5.59. The number of amides is 1. The summed E-state index contributed by atoms with van der Waals surface area (Å²) in [4.78, 5) is 24.9.